The van der Waals surface area contributed by atoms with Crippen molar-refractivity contribution in [2.24, 2.45) is 0 Å². The average Bonchev–Trinajstić information content (AvgIpc) is 2.83. The van der Waals surface area contributed by atoms with E-state index in [-0.39, 0.29) is 16.7 Å². The van der Waals surface area contributed by atoms with Crippen LogP contribution in [0.15, 0.2) is 43.0 Å². The zero-order chi connectivity index (χ0) is 18.3. The van der Waals surface area contributed by atoms with Crippen LogP contribution < -0.4 is 4.90 Å². The number of aromatic carboxylic acids is 1. The number of amides is 2. The third kappa shape index (κ3) is 2.45. The summed E-state index contributed by atoms with van der Waals surface area (Å²) in [5.74, 6) is -2.33. The second-order valence-corrected chi connectivity index (χ2v) is 5.99. The Labute approximate surface area is 145 Å². The van der Waals surface area contributed by atoms with Crippen LogP contribution in [0.2, 0.25) is 0 Å². The maximum Gasteiger partial charge on any atom is 0.336 e. The topological polar surface area (TPSA) is 74.7 Å². The quantitative estimate of drug-likeness (QED) is 0.685. The number of benzene rings is 2. The van der Waals surface area contributed by atoms with Crippen molar-refractivity contribution >= 4 is 23.5 Å². The molecular formula is C20H17NO4. The van der Waals surface area contributed by atoms with Gasteiger partial charge in [0.15, 0.2) is 0 Å². The molecule has 1 heterocycles. The van der Waals surface area contributed by atoms with Gasteiger partial charge in [-0.15, -0.1) is 6.58 Å². The van der Waals surface area contributed by atoms with E-state index >= 15 is 0 Å². The molecule has 5 heteroatoms. The molecule has 0 fully saturated rings. The highest BCUT2D eigenvalue weighted by molar-refractivity contribution is 6.36. The molecule has 126 valence electrons. The molecule has 0 aromatic heterocycles. The standard InChI is InChI=1S/C20H17NO4/c1-4-6-13-10-9-11(2)12(3)17(13)21-18(22)14-7-5-8-15(20(24)25)16(14)19(21)23/h4-5,7-10H,1,6H2,2-3H3,(H,24,25). The van der Waals surface area contributed by atoms with E-state index in [0.29, 0.717) is 12.1 Å². The van der Waals surface area contributed by atoms with Gasteiger partial charge in [0.05, 0.1) is 22.4 Å². The third-order valence-corrected chi connectivity index (χ3v) is 4.52. The molecule has 2 amide bonds. The maximum atomic E-state index is 13.0. The van der Waals surface area contributed by atoms with Gasteiger partial charge in [-0.3, -0.25) is 9.59 Å². The Bertz CT molecular complexity index is 943. The van der Waals surface area contributed by atoms with Crippen molar-refractivity contribution in [3.05, 3.63) is 76.4 Å². The zero-order valence-corrected chi connectivity index (χ0v) is 14.0. The van der Waals surface area contributed by atoms with Gasteiger partial charge in [0, 0.05) is 0 Å². The number of carbonyl (C=O) groups excluding carboxylic acids is 2. The molecule has 3 rings (SSSR count). The van der Waals surface area contributed by atoms with Crippen LogP contribution in [0.1, 0.15) is 47.8 Å². The summed E-state index contributed by atoms with van der Waals surface area (Å²) in [6, 6.07) is 8.09. The van der Waals surface area contributed by atoms with Crippen molar-refractivity contribution in [1.82, 2.24) is 0 Å². The van der Waals surface area contributed by atoms with E-state index in [1.54, 1.807) is 6.08 Å². The predicted molar refractivity (Wildman–Crippen MR) is 94.4 cm³/mol. The largest absolute Gasteiger partial charge is 0.478 e. The molecular weight excluding hydrogens is 318 g/mol. The first-order chi connectivity index (χ1) is 11.9. The number of rotatable bonds is 4. The van der Waals surface area contributed by atoms with Gasteiger partial charge < -0.3 is 5.11 Å². The lowest BCUT2D eigenvalue weighted by atomic mass is 9.99. The van der Waals surface area contributed by atoms with Gasteiger partial charge in [-0.25, -0.2) is 9.69 Å². The molecule has 0 bridgehead atoms. The highest BCUT2D eigenvalue weighted by Crippen LogP contribution is 2.36. The zero-order valence-electron chi connectivity index (χ0n) is 14.0. The van der Waals surface area contributed by atoms with Crippen LogP contribution in [0.5, 0.6) is 0 Å². The molecule has 0 saturated heterocycles. The number of anilines is 1. The van der Waals surface area contributed by atoms with Gasteiger partial charge in [0.2, 0.25) is 0 Å². The van der Waals surface area contributed by atoms with Gasteiger partial charge in [-0.05, 0) is 49.1 Å². The van der Waals surface area contributed by atoms with Crippen molar-refractivity contribution in [3.63, 3.8) is 0 Å². The maximum absolute atomic E-state index is 13.0. The summed E-state index contributed by atoms with van der Waals surface area (Å²) >= 11 is 0. The SMILES string of the molecule is C=CCc1ccc(C)c(C)c1N1C(=O)c2cccc(C(=O)O)c2C1=O. The minimum absolute atomic E-state index is 0.0505. The molecule has 0 unspecified atom stereocenters. The summed E-state index contributed by atoms with van der Waals surface area (Å²) in [5, 5.41) is 9.35. The van der Waals surface area contributed by atoms with E-state index in [2.05, 4.69) is 6.58 Å². The Hall–Kier alpha value is -3.21. The average molecular weight is 335 g/mol. The summed E-state index contributed by atoms with van der Waals surface area (Å²) in [4.78, 5) is 38.4. The molecule has 5 nitrogen and oxygen atoms in total. The lowest BCUT2D eigenvalue weighted by Gasteiger charge is -2.21. The summed E-state index contributed by atoms with van der Waals surface area (Å²) in [5.41, 5.74) is 2.98. The molecule has 25 heavy (non-hydrogen) atoms. The van der Waals surface area contributed by atoms with E-state index in [1.807, 2.05) is 26.0 Å². The molecule has 2 aromatic rings. The molecule has 0 aliphatic carbocycles. The first kappa shape index (κ1) is 16.6. The number of fused-ring (bicyclic) bond motifs is 1. The fourth-order valence-electron chi connectivity index (χ4n) is 3.16. The van der Waals surface area contributed by atoms with Crippen molar-refractivity contribution in [2.45, 2.75) is 20.3 Å². The molecule has 0 radical (unpaired) electrons. The number of carboxylic acids is 1. The Morgan fingerprint density at radius 2 is 1.88 bits per heavy atom. The lowest BCUT2D eigenvalue weighted by Crippen LogP contribution is -2.31. The first-order valence-electron chi connectivity index (χ1n) is 7.83. The van der Waals surface area contributed by atoms with Crippen LogP contribution in [0.3, 0.4) is 0 Å². The lowest BCUT2D eigenvalue weighted by molar-refractivity contribution is 0.0692. The Kier molecular flexibility index (Phi) is 4.00. The van der Waals surface area contributed by atoms with Gasteiger partial charge in [0.1, 0.15) is 0 Å². The first-order valence-corrected chi connectivity index (χ1v) is 7.83. The van der Waals surface area contributed by atoms with Crippen molar-refractivity contribution in [2.75, 3.05) is 4.90 Å². The number of carboxylic acid groups (broad SMARTS) is 1. The molecule has 1 aliphatic heterocycles. The molecule has 1 aliphatic rings. The Balaban J connectivity index is 2.25. The van der Waals surface area contributed by atoms with Gasteiger partial charge in [-0.1, -0.05) is 24.3 Å². The number of hydrogen-bond donors (Lipinski definition) is 1. The van der Waals surface area contributed by atoms with Gasteiger partial charge in [-0.2, -0.15) is 0 Å². The van der Waals surface area contributed by atoms with E-state index < -0.39 is 17.8 Å². The molecule has 0 saturated carbocycles. The highest BCUT2D eigenvalue weighted by atomic mass is 16.4. The fraction of sp³-hybridized carbons (Fsp3) is 0.150. The van der Waals surface area contributed by atoms with E-state index in [1.165, 1.54) is 18.2 Å². The van der Waals surface area contributed by atoms with Gasteiger partial charge in [0.25, 0.3) is 11.8 Å². The minimum Gasteiger partial charge on any atom is -0.478 e. The Morgan fingerprint density at radius 3 is 2.52 bits per heavy atom. The van der Waals surface area contributed by atoms with E-state index in [0.717, 1.165) is 21.6 Å². The van der Waals surface area contributed by atoms with Crippen LogP contribution >= 0.6 is 0 Å². The smallest absolute Gasteiger partial charge is 0.336 e. The van der Waals surface area contributed by atoms with Crippen LogP contribution in [0, 0.1) is 13.8 Å². The van der Waals surface area contributed by atoms with Crippen LogP contribution in [0.25, 0.3) is 0 Å². The van der Waals surface area contributed by atoms with Crippen molar-refractivity contribution < 1.29 is 19.5 Å². The molecule has 2 aromatic carbocycles. The van der Waals surface area contributed by atoms with Crippen LogP contribution in [0.4, 0.5) is 5.69 Å². The molecule has 0 atom stereocenters. The normalized spacial score (nSPS) is 13.1. The number of carbonyl (C=O) groups is 3. The highest BCUT2D eigenvalue weighted by Gasteiger charge is 2.41. The Morgan fingerprint density at radius 1 is 1.16 bits per heavy atom. The third-order valence-electron chi connectivity index (χ3n) is 4.52. The fourth-order valence-corrected chi connectivity index (χ4v) is 3.16. The summed E-state index contributed by atoms with van der Waals surface area (Å²) in [6.07, 6.45) is 2.20. The number of aryl methyl sites for hydroxylation is 1. The number of imide groups is 1. The van der Waals surface area contributed by atoms with Crippen LogP contribution in [-0.4, -0.2) is 22.9 Å². The van der Waals surface area contributed by atoms with E-state index in [4.69, 9.17) is 0 Å². The second kappa shape index (κ2) is 6.02. The number of hydrogen-bond acceptors (Lipinski definition) is 3. The summed E-state index contributed by atoms with van der Waals surface area (Å²) in [6.45, 7) is 7.47. The monoisotopic (exact) mass is 335 g/mol. The number of nitrogens with zero attached hydrogens (tertiary/aromatic N) is 1. The second-order valence-electron chi connectivity index (χ2n) is 5.99. The minimum atomic E-state index is -1.23. The molecule has 1 N–H and O–H groups in total. The van der Waals surface area contributed by atoms with E-state index in [9.17, 15) is 19.5 Å². The number of allylic oxidation sites excluding steroid dienone is 1. The van der Waals surface area contributed by atoms with Crippen molar-refractivity contribution in [3.8, 4) is 0 Å². The predicted octanol–water partition coefficient (Wildman–Crippen LogP) is 3.53. The van der Waals surface area contributed by atoms with Crippen LogP contribution in [-0.2, 0) is 6.42 Å². The van der Waals surface area contributed by atoms with Crippen molar-refractivity contribution in [1.29, 1.82) is 0 Å². The summed E-state index contributed by atoms with van der Waals surface area (Å²) in [7, 11) is 0. The summed E-state index contributed by atoms with van der Waals surface area (Å²) < 4.78 is 0. The van der Waals surface area contributed by atoms with Gasteiger partial charge >= 0.3 is 5.97 Å². The molecule has 0 spiro atoms.